The summed E-state index contributed by atoms with van der Waals surface area (Å²) in [6.07, 6.45) is 0. The molecule has 38 heavy (non-hydrogen) atoms. The number of amides is 2. The highest BCUT2D eigenvalue weighted by atomic mass is 19.1. The third-order valence-electron chi connectivity index (χ3n) is 7.00. The maximum absolute atomic E-state index is 14.6. The number of carbonyl (C=O) groups is 1. The van der Waals surface area contributed by atoms with Crippen molar-refractivity contribution in [3.05, 3.63) is 57.9 Å². The van der Waals surface area contributed by atoms with Crippen molar-refractivity contribution in [2.45, 2.75) is 6.54 Å². The maximum atomic E-state index is 14.6. The zero-order valence-corrected chi connectivity index (χ0v) is 21.4. The monoisotopic (exact) mass is 528 g/mol. The number of ether oxygens (including phenoxy) is 2. The SMILES string of the molecule is COc1ccc2c(n1)c(NC(=O)N1CCN(C)CC1)c(N1CCOCC1)c(=O)n2Cc1c(F)cccc1F. The number of rotatable bonds is 5. The Labute approximate surface area is 218 Å². The molecule has 3 aromatic rings. The highest BCUT2D eigenvalue weighted by Crippen LogP contribution is 2.33. The molecule has 4 heterocycles. The number of nitrogens with one attached hydrogen (secondary N) is 1. The molecule has 0 unspecified atom stereocenters. The van der Waals surface area contributed by atoms with E-state index in [1.807, 2.05) is 11.9 Å². The number of carbonyl (C=O) groups excluding carboxylic acids is 1. The number of anilines is 2. The smallest absolute Gasteiger partial charge is 0.322 e. The molecule has 202 valence electrons. The van der Waals surface area contributed by atoms with Crippen LogP contribution in [0, 0.1) is 11.6 Å². The van der Waals surface area contributed by atoms with E-state index < -0.39 is 17.2 Å². The highest BCUT2D eigenvalue weighted by Gasteiger charge is 2.28. The number of likely N-dealkylation sites (N-methyl/N-ethyl adjacent to an activating group) is 1. The van der Waals surface area contributed by atoms with Gasteiger partial charge >= 0.3 is 6.03 Å². The Morgan fingerprint density at radius 3 is 2.39 bits per heavy atom. The zero-order chi connectivity index (χ0) is 26.8. The first-order valence-electron chi connectivity index (χ1n) is 12.5. The molecule has 0 bridgehead atoms. The van der Waals surface area contributed by atoms with Crippen LogP contribution in [0.1, 0.15) is 5.56 Å². The van der Waals surface area contributed by atoms with Crippen LogP contribution in [0.3, 0.4) is 0 Å². The van der Waals surface area contributed by atoms with E-state index in [1.54, 1.807) is 17.0 Å². The van der Waals surface area contributed by atoms with Gasteiger partial charge in [-0.25, -0.2) is 18.6 Å². The van der Waals surface area contributed by atoms with E-state index >= 15 is 0 Å². The molecule has 10 nitrogen and oxygen atoms in total. The van der Waals surface area contributed by atoms with E-state index in [4.69, 9.17) is 9.47 Å². The molecule has 0 aliphatic carbocycles. The second-order valence-electron chi connectivity index (χ2n) is 9.36. The van der Waals surface area contributed by atoms with E-state index in [2.05, 4.69) is 15.2 Å². The summed E-state index contributed by atoms with van der Waals surface area (Å²) in [5.74, 6) is -1.25. The Hall–Kier alpha value is -3.77. The number of urea groups is 1. The van der Waals surface area contributed by atoms with Gasteiger partial charge in [0.2, 0.25) is 5.88 Å². The van der Waals surface area contributed by atoms with Crippen molar-refractivity contribution in [2.75, 3.05) is 76.9 Å². The van der Waals surface area contributed by atoms with Crippen molar-refractivity contribution < 1.29 is 23.0 Å². The van der Waals surface area contributed by atoms with Gasteiger partial charge in [0.05, 0.1) is 38.1 Å². The van der Waals surface area contributed by atoms with Gasteiger partial charge in [-0.3, -0.25) is 4.79 Å². The summed E-state index contributed by atoms with van der Waals surface area (Å²) in [7, 11) is 3.46. The van der Waals surface area contributed by atoms with Gasteiger partial charge in [-0.1, -0.05) is 6.07 Å². The molecule has 0 radical (unpaired) electrons. The standard InChI is InChI=1S/C26H30F2N6O4/c1-31-8-10-33(11-9-31)26(36)30-23-22-20(6-7-21(29-22)37-2)34(16-17-18(27)4-3-5-19(17)28)25(35)24(23)32-12-14-38-15-13-32/h3-7H,8-16H2,1-2H3,(H,30,36). The molecule has 0 atom stereocenters. The molecule has 2 aliphatic heterocycles. The highest BCUT2D eigenvalue weighted by molar-refractivity contribution is 6.04. The Balaban J connectivity index is 1.69. The second kappa shape index (κ2) is 10.9. The summed E-state index contributed by atoms with van der Waals surface area (Å²) in [5.41, 5.74) is 0.283. The van der Waals surface area contributed by atoms with Gasteiger partial charge in [0, 0.05) is 50.9 Å². The lowest BCUT2D eigenvalue weighted by Gasteiger charge is -2.34. The topological polar surface area (TPSA) is 92.2 Å². The number of methoxy groups -OCH3 is 1. The Morgan fingerprint density at radius 2 is 1.74 bits per heavy atom. The van der Waals surface area contributed by atoms with E-state index in [1.165, 1.54) is 17.7 Å². The van der Waals surface area contributed by atoms with E-state index in [0.717, 1.165) is 25.2 Å². The number of halogens is 2. The Kier molecular flexibility index (Phi) is 7.43. The fraction of sp³-hybridized carbons (Fsp3) is 0.423. The van der Waals surface area contributed by atoms with Gasteiger partial charge < -0.3 is 34.1 Å². The number of nitrogens with zero attached hydrogens (tertiary/aromatic N) is 5. The number of morpholine rings is 1. The number of hydrogen-bond acceptors (Lipinski definition) is 7. The van der Waals surface area contributed by atoms with Crippen molar-refractivity contribution in [1.82, 2.24) is 19.4 Å². The number of aromatic nitrogens is 2. The summed E-state index contributed by atoms with van der Waals surface area (Å²) >= 11 is 0. The van der Waals surface area contributed by atoms with Crippen LogP contribution in [0.25, 0.3) is 11.0 Å². The molecule has 0 saturated carbocycles. The Morgan fingerprint density at radius 1 is 1.05 bits per heavy atom. The van der Waals surface area contributed by atoms with E-state index in [0.29, 0.717) is 44.9 Å². The van der Waals surface area contributed by atoms with Gasteiger partial charge in [0.25, 0.3) is 5.56 Å². The first-order valence-corrected chi connectivity index (χ1v) is 12.5. The lowest BCUT2D eigenvalue weighted by molar-refractivity contribution is 0.122. The normalized spacial score (nSPS) is 16.6. The van der Waals surface area contributed by atoms with Crippen molar-refractivity contribution >= 4 is 28.4 Å². The number of pyridine rings is 2. The lowest BCUT2D eigenvalue weighted by Crippen LogP contribution is -2.49. The average Bonchev–Trinajstić information content (AvgIpc) is 2.93. The van der Waals surface area contributed by atoms with Gasteiger partial charge in [-0.05, 0) is 25.2 Å². The van der Waals surface area contributed by atoms with Gasteiger partial charge in [-0.2, -0.15) is 0 Å². The predicted octanol–water partition coefficient (Wildman–Crippen LogP) is 2.35. The summed E-state index contributed by atoms with van der Waals surface area (Å²) in [5, 5.41) is 2.95. The van der Waals surface area contributed by atoms with Crippen LogP contribution in [0.5, 0.6) is 5.88 Å². The largest absolute Gasteiger partial charge is 0.481 e. The number of hydrogen-bond donors (Lipinski definition) is 1. The molecule has 2 saturated heterocycles. The fourth-order valence-electron chi connectivity index (χ4n) is 4.80. The predicted molar refractivity (Wildman–Crippen MR) is 139 cm³/mol. The molecule has 2 aromatic heterocycles. The average molecular weight is 529 g/mol. The van der Waals surface area contributed by atoms with Crippen molar-refractivity contribution in [2.24, 2.45) is 0 Å². The molecular weight excluding hydrogens is 498 g/mol. The minimum absolute atomic E-state index is 0.195. The quantitative estimate of drug-likeness (QED) is 0.544. The van der Waals surface area contributed by atoms with E-state index in [-0.39, 0.29) is 40.9 Å². The van der Waals surface area contributed by atoms with Crippen LogP contribution in [0.15, 0.2) is 35.1 Å². The van der Waals surface area contributed by atoms with Gasteiger partial charge in [0.15, 0.2) is 0 Å². The summed E-state index contributed by atoms with van der Waals surface area (Å²) in [4.78, 5) is 37.7. The number of benzene rings is 1. The molecule has 2 fully saturated rings. The molecule has 2 amide bonds. The molecular formula is C26H30F2N6O4. The summed E-state index contributed by atoms with van der Waals surface area (Å²) in [6.45, 7) is 3.74. The molecule has 1 N–H and O–H groups in total. The summed E-state index contributed by atoms with van der Waals surface area (Å²) in [6, 6.07) is 6.40. The first-order chi connectivity index (χ1) is 18.4. The lowest BCUT2D eigenvalue weighted by atomic mass is 10.1. The van der Waals surface area contributed by atoms with Gasteiger partial charge in [-0.15, -0.1) is 0 Å². The molecule has 2 aliphatic rings. The van der Waals surface area contributed by atoms with Crippen molar-refractivity contribution in [3.8, 4) is 5.88 Å². The van der Waals surface area contributed by atoms with Gasteiger partial charge in [0.1, 0.15) is 22.8 Å². The van der Waals surface area contributed by atoms with Crippen LogP contribution >= 0.6 is 0 Å². The molecule has 0 spiro atoms. The van der Waals surface area contributed by atoms with Crippen LogP contribution in [-0.2, 0) is 11.3 Å². The minimum atomic E-state index is -0.758. The van der Waals surface area contributed by atoms with Crippen molar-refractivity contribution in [1.29, 1.82) is 0 Å². The van der Waals surface area contributed by atoms with Crippen LogP contribution in [0.4, 0.5) is 25.0 Å². The molecule has 12 heteroatoms. The summed E-state index contributed by atoms with van der Waals surface area (Å²) < 4.78 is 41.4. The van der Waals surface area contributed by atoms with Crippen LogP contribution in [-0.4, -0.2) is 92.0 Å². The number of piperazine rings is 1. The molecule has 5 rings (SSSR count). The van der Waals surface area contributed by atoms with E-state index in [9.17, 15) is 18.4 Å². The minimum Gasteiger partial charge on any atom is -0.481 e. The van der Waals surface area contributed by atoms with Crippen LogP contribution in [0.2, 0.25) is 0 Å². The van der Waals surface area contributed by atoms with Crippen LogP contribution < -0.4 is 20.5 Å². The zero-order valence-electron chi connectivity index (χ0n) is 21.4. The molecule has 1 aromatic carbocycles. The number of fused-ring (bicyclic) bond motifs is 1. The third kappa shape index (κ3) is 5.01. The maximum Gasteiger partial charge on any atom is 0.322 e. The third-order valence-corrected chi connectivity index (χ3v) is 7.00. The first kappa shape index (κ1) is 25.9. The fourth-order valence-corrected chi connectivity index (χ4v) is 4.80. The second-order valence-corrected chi connectivity index (χ2v) is 9.36. The van der Waals surface area contributed by atoms with Crippen molar-refractivity contribution in [3.63, 3.8) is 0 Å². The Bertz CT molecular complexity index is 1380.